The van der Waals surface area contributed by atoms with Gasteiger partial charge in [0.2, 0.25) is 11.0 Å². The van der Waals surface area contributed by atoms with Crippen molar-refractivity contribution in [1.29, 1.82) is 0 Å². The molecule has 2 aliphatic rings. The molecule has 4 N–H and O–H groups in total. The largest absolute Gasteiger partial charge is 0.477 e. The third kappa shape index (κ3) is 4.16. The van der Waals surface area contributed by atoms with Crippen molar-refractivity contribution in [1.82, 2.24) is 10.2 Å². The van der Waals surface area contributed by atoms with E-state index in [4.69, 9.17) is 5.73 Å². The first-order chi connectivity index (χ1) is 15.4. The van der Waals surface area contributed by atoms with Crippen LogP contribution in [0.4, 0.5) is 0 Å². The van der Waals surface area contributed by atoms with Crippen LogP contribution >= 0.6 is 23.5 Å². The number of carbonyl (C=O) groups is 4. The number of carboxylic acids is 1. The van der Waals surface area contributed by atoms with Crippen LogP contribution in [0.15, 0.2) is 76.8 Å². The van der Waals surface area contributed by atoms with Gasteiger partial charge >= 0.3 is 5.97 Å². The summed E-state index contributed by atoms with van der Waals surface area (Å²) in [5, 5.41) is 11.3. The van der Waals surface area contributed by atoms with Crippen LogP contribution in [-0.4, -0.2) is 50.1 Å². The number of benzene rings is 2. The SMILES string of the molecule is NC(C(=O)NC1C(=O)N2C(C(=O)O)=C(C(=O)Sc3ccccc3)CS[C@H]12)c1ccccc1. The van der Waals surface area contributed by atoms with Gasteiger partial charge in [-0.2, -0.15) is 0 Å². The summed E-state index contributed by atoms with van der Waals surface area (Å²) in [6.45, 7) is 0. The minimum Gasteiger partial charge on any atom is -0.477 e. The topological polar surface area (TPSA) is 130 Å². The molecule has 2 amide bonds. The summed E-state index contributed by atoms with van der Waals surface area (Å²) in [6.07, 6.45) is 0. The first-order valence-corrected chi connectivity index (χ1v) is 11.5. The molecular weight excluding hydrogens is 450 g/mol. The molecular formula is C22H19N3O5S2. The quantitative estimate of drug-likeness (QED) is 0.431. The number of fused-ring (bicyclic) bond motifs is 1. The van der Waals surface area contributed by atoms with Crippen molar-refractivity contribution >= 4 is 46.4 Å². The predicted molar refractivity (Wildman–Crippen MR) is 120 cm³/mol. The molecule has 164 valence electrons. The second-order valence-electron chi connectivity index (χ2n) is 7.12. The molecule has 2 aromatic rings. The van der Waals surface area contributed by atoms with Gasteiger partial charge in [0.25, 0.3) is 5.91 Å². The zero-order valence-corrected chi connectivity index (χ0v) is 18.3. The van der Waals surface area contributed by atoms with Crippen molar-refractivity contribution in [3.63, 3.8) is 0 Å². The molecule has 8 nitrogen and oxygen atoms in total. The Balaban J connectivity index is 1.50. The van der Waals surface area contributed by atoms with Crippen molar-refractivity contribution in [2.75, 3.05) is 5.75 Å². The molecule has 0 spiro atoms. The standard InChI is InChI=1S/C22H19N3O5S2/c23-15(12-7-3-1-4-8-12)18(26)24-16-19(27)25-17(21(28)29)14(11-31-20(16)25)22(30)32-13-9-5-2-6-10-13/h1-10,15-16,20H,11,23H2,(H,24,26)(H,28,29)/t15?,16?,20-/m1/s1. The van der Waals surface area contributed by atoms with Crippen LogP contribution < -0.4 is 11.1 Å². The molecule has 2 aromatic carbocycles. The number of thioether (sulfide) groups is 2. The molecule has 10 heteroatoms. The predicted octanol–water partition coefficient (Wildman–Crippen LogP) is 1.74. The van der Waals surface area contributed by atoms with Crippen LogP contribution in [0.2, 0.25) is 0 Å². The van der Waals surface area contributed by atoms with Crippen LogP contribution in [0.25, 0.3) is 0 Å². The van der Waals surface area contributed by atoms with Gasteiger partial charge in [-0.15, -0.1) is 11.8 Å². The highest BCUT2D eigenvalue weighted by molar-refractivity contribution is 8.14. The molecule has 0 bridgehead atoms. The first-order valence-electron chi connectivity index (χ1n) is 9.67. The Kier molecular flexibility index (Phi) is 6.35. The number of amides is 2. The zero-order valence-electron chi connectivity index (χ0n) is 16.6. The van der Waals surface area contributed by atoms with Gasteiger partial charge in [0.15, 0.2) is 0 Å². The molecule has 2 heterocycles. The summed E-state index contributed by atoms with van der Waals surface area (Å²) in [5.41, 5.74) is 6.33. The molecule has 2 aliphatic heterocycles. The second-order valence-corrected chi connectivity index (χ2v) is 9.27. The number of nitrogens with one attached hydrogen (secondary N) is 1. The maximum absolute atomic E-state index is 12.8. The third-order valence-electron chi connectivity index (χ3n) is 5.11. The van der Waals surface area contributed by atoms with Gasteiger partial charge in [0.05, 0.1) is 0 Å². The number of hydrogen-bond donors (Lipinski definition) is 3. The number of nitrogens with zero attached hydrogens (tertiary/aromatic N) is 1. The summed E-state index contributed by atoms with van der Waals surface area (Å²) < 4.78 is 0. The fourth-order valence-corrected chi connectivity index (χ4v) is 5.72. The number of rotatable bonds is 6. The summed E-state index contributed by atoms with van der Waals surface area (Å²) in [4.78, 5) is 51.8. The van der Waals surface area contributed by atoms with Crippen LogP contribution in [0.3, 0.4) is 0 Å². The second kappa shape index (κ2) is 9.19. The molecule has 3 atom stereocenters. The smallest absolute Gasteiger partial charge is 0.353 e. The minimum atomic E-state index is -1.36. The highest BCUT2D eigenvalue weighted by atomic mass is 32.2. The van der Waals surface area contributed by atoms with Gasteiger partial charge in [-0.05, 0) is 29.5 Å². The lowest BCUT2D eigenvalue weighted by Crippen LogP contribution is -2.71. The molecule has 2 unspecified atom stereocenters. The highest BCUT2D eigenvalue weighted by Crippen LogP contribution is 2.42. The monoisotopic (exact) mass is 469 g/mol. The van der Waals surface area contributed by atoms with Gasteiger partial charge in [0.1, 0.15) is 23.2 Å². The van der Waals surface area contributed by atoms with E-state index < -0.39 is 40.4 Å². The van der Waals surface area contributed by atoms with Crippen molar-refractivity contribution in [2.24, 2.45) is 5.73 Å². The molecule has 0 aromatic heterocycles. The summed E-state index contributed by atoms with van der Waals surface area (Å²) in [5.74, 6) is -2.35. The number of nitrogens with two attached hydrogens (primary N) is 1. The van der Waals surface area contributed by atoms with Crippen LogP contribution in [-0.2, 0) is 19.2 Å². The Labute approximate surface area is 192 Å². The Morgan fingerprint density at radius 2 is 1.72 bits per heavy atom. The zero-order chi connectivity index (χ0) is 22.8. The Morgan fingerprint density at radius 3 is 2.34 bits per heavy atom. The molecule has 1 saturated heterocycles. The van der Waals surface area contributed by atoms with Crippen molar-refractivity contribution in [2.45, 2.75) is 22.4 Å². The van der Waals surface area contributed by atoms with E-state index in [0.29, 0.717) is 10.5 Å². The van der Waals surface area contributed by atoms with Crippen LogP contribution in [0.5, 0.6) is 0 Å². The Morgan fingerprint density at radius 1 is 1.09 bits per heavy atom. The Hall–Kier alpha value is -3.08. The van der Waals surface area contributed by atoms with Gasteiger partial charge in [-0.3, -0.25) is 19.3 Å². The van der Waals surface area contributed by atoms with E-state index in [1.807, 2.05) is 6.07 Å². The molecule has 0 saturated carbocycles. The average Bonchev–Trinajstić information content (AvgIpc) is 2.81. The van der Waals surface area contributed by atoms with Gasteiger partial charge in [-0.25, -0.2) is 4.79 Å². The number of carbonyl (C=O) groups excluding carboxylic acids is 3. The average molecular weight is 470 g/mol. The first kappa shape index (κ1) is 22.1. The summed E-state index contributed by atoms with van der Waals surface area (Å²) >= 11 is 2.15. The van der Waals surface area contributed by atoms with Crippen molar-refractivity contribution in [3.05, 3.63) is 77.5 Å². The molecule has 4 rings (SSSR count). The lowest BCUT2D eigenvalue weighted by Gasteiger charge is -2.49. The van der Waals surface area contributed by atoms with Crippen LogP contribution in [0, 0.1) is 0 Å². The number of β-lactam (4-membered cyclic amide) rings is 1. The number of hydrogen-bond acceptors (Lipinski definition) is 7. The van der Waals surface area contributed by atoms with E-state index in [0.717, 1.165) is 16.7 Å². The minimum absolute atomic E-state index is 0.0618. The van der Waals surface area contributed by atoms with E-state index in [1.54, 1.807) is 54.6 Å². The fraction of sp³-hybridized carbons (Fsp3) is 0.182. The molecule has 32 heavy (non-hydrogen) atoms. The van der Waals surface area contributed by atoms with E-state index in [9.17, 15) is 24.3 Å². The van der Waals surface area contributed by atoms with Crippen LogP contribution in [0.1, 0.15) is 11.6 Å². The van der Waals surface area contributed by atoms with Gasteiger partial charge < -0.3 is 16.2 Å². The normalized spacial score (nSPS) is 20.8. The van der Waals surface area contributed by atoms with Gasteiger partial charge in [0, 0.05) is 16.2 Å². The van der Waals surface area contributed by atoms with Crippen molar-refractivity contribution < 1.29 is 24.3 Å². The van der Waals surface area contributed by atoms with E-state index in [2.05, 4.69) is 5.32 Å². The maximum atomic E-state index is 12.8. The van der Waals surface area contributed by atoms with E-state index >= 15 is 0 Å². The van der Waals surface area contributed by atoms with E-state index in [1.165, 1.54) is 11.8 Å². The van der Waals surface area contributed by atoms with E-state index in [-0.39, 0.29) is 17.0 Å². The number of aliphatic carboxylic acids is 1. The summed E-state index contributed by atoms with van der Waals surface area (Å²) in [7, 11) is 0. The maximum Gasteiger partial charge on any atom is 0.353 e. The molecule has 1 fully saturated rings. The molecule has 0 aliphatic carbocycles. The highest BCUT2D eigenvalue weighted by Gasteiger charge is 2.55. The Bertz CT molecular complexity index is 1110. The lowest BCUT2D eigenvalue weighted by molar-refractivity contribution is -0.151. The number of carboxylic acid groups (broad SMARTS) is 1. The lowest BCUT2D eigenvalue weighted by atomic mass is 10.0. The van der Waals surface area contributed by atoms with Gasteiger partial charge in [-0.1, -0.05) is 48.5 Å². The fourth-order valence-electron chi connectivity index (χ4n) is 3.49. The van der Waals surface area contributed by atoms with Crippen molar-refractivity contribution in [3.8, 4) is 0 Å². The third-order valence-corrected chi connectivity index (χ3v) is 7.33. The molecule has 0 radical (unpaired) electrons. The summed E-state index contributed by atoms with van der Waals surface area (Å²) in [6, 6.07) is 15.7.